The van der Waals surface area contributed by atoms with Gasteiger partial charge in [-0.2, -0.15) is 19.0 Å². The van der Waals surface area contributed by atoms with E-state index in [0.717, 1.165) is 25.5 Å². The van der Waals surface area contributed by atoms with Crippen molar-refractivity contribution in [1.29, 1.82) is 0 Å². The van der Waals surface area contributed by atoms with E-state index in [4.69, 9.17) is 18.2 Å². The molecule has 1 aromatic carbocycles. The Morgan fingerprint density at radius 3 is 2.64 bits per heavy atom. The van der Waals surface area contributed by atoms with E-state index < -0.39 is 12.4 Å². The molecule has 1 aliphatic rings. The number of hydrogen-bond donors (Lipinski definition) is 1. The zero-order valence-corrected chi connectivity index (χ0v) is 20.8. The number of H-pyrrole nitrogens is 1. The van der Waals surface area contributed by atoms with Gasteiger partial charge in [-0.1, -0.05) is 35.7 Å². The number of nitrogens with one attached hydrogen (secondary N) is 1. The van der Waals surface area contributed by atoms with Crippen LogP contribution in [0.5, 0.6) is 0 Å². The summed E-state index contributed by atoms with van der Waals surface area (Å²) in [7, 11) is 0. The fourth-order valence-corrected chi connectivity index (χ4v) is 4.74. The van der Waals surface area contributed by atoms with Crippen LogP contribution in [-0.4, -0.2) is 40.1 Å². The maximum absolute atomic E-state index is 15.2. The first kappa shape index (κ1) is 24.7. The molecule has 6 rings (SSSR count). The molecule has 14 heteroatoms. The molecule has 196 valence electrons. The van der Waals surface area contributed by atoms with Crippen LogP contribution >= 0.6 is 11.6 Å². The van der Waals surface area contributed by atoms with Gasteiger partial charge in [-0.25, -0.2) is 13.9 Å². The zero-order valence-electron chi connectivity index (χ0n) is 20.1. The topological polar surface area (TPSA) is 98.3 Å². The molecule has 0 amide bonds. The lowest BCUT2D eigenvalue weighted by Gasteiger charge is -2.18. The summed E-state index contributed by atoms with van der Waals surface area (Å²) in [5, 5.41) is 18.2. The van der Waals surface area contributed by atoms with Gasteiger partial charge in [0.1, 0.15) is 10.8 Å². The molecule has 1 saturated carbocycles. The summed E-state index contributed by atoms with van der Waals surface area (Å²) in [6, 6.07) is 6.34. The molecule has 0 bridgehead atoms. The minimum absolute atomic E-state index is 0.00878. The zero-order chi connectivity index (χ0) is 27.1. The molecule has 10 nitrogen and oxygen atoms in total. The van der Waals surface area contributed by atoms with E-state index in [1.54, 1.807) is 35.3 Å². The number of alkyl halides is 2. The Morgan fingerprint density at radius 1 is 1.13 bits per heavy atom. The van der Waals surface area contributed by atoms with Crippen molar-refractivity contribution >= 4 is 17.3 Å². The minimum atomic E-state index is -2.90. The summed E-state index contributed by atoms with van der Waals surface area (Å²) < 4.78 is 45.9. The molecule has 1 N–H and O–H groups in total. The first-order chi connectivity index (χ1) is 18.9. The van der Waals surface area contributed by atoms with Gasteiger partial charge < -0.3 is 0 Å². The Labute approximate surface area is 224 Å². The number of benzene rings is 1. The van der Waals surface area contributed by atoms with Gasteiger partial charge in [-0.05, 0) is 30.5 Å². The molecule has 4 aromatic heterocycles. The van der Waals surface area contributed by atoms with Crippen LogP contribution in [0, 0.1) is 18.3 Å². The molecule has 0 saturated heterocycles. The van der Waals surface area contributed by atoms with Gasteiger partial charge in [0.15, 0.2) is 11.0 Å². The van der Waals surface area contributed by atoms with Crippen LogP contribution in [0.2, 0.25) is 5.02 Å². The highest BCUT2D eigenvalue weighted by molar-refractivity contribution is 6.31. The summed E-state index contributed by atoms with van der Waals surface area (Å²) in [6.07, 6.45) is 10.1. The van der Waals surface area contributed by atoms with Crippen molar-refractivity contribution in [2.24, 2.45) is 5.92 Å². The highest BCUT2D eigenvalue weighted by Gasteiger charge is 2.30. The van der Waals surface area contributed by atoms with E-state index in [-0.39, 0.29) is 28.0 Å². The van der Waals surface area contributed by atoms with Crippen LogP contribution in [0.4, 0.5) is 18.9 Å². The van der Waals surface area contributed by atoms with E-state index in [1.165, 1.54) is 23.3 Å². The minimum Gasteiger partial charge on any atom is -0.263 e. The number of aromatic nitrogens is 9. The molecular weight excluding hydrogens is 533 g/mol. The van der Waals surface area contributed by atoms with Crippen molar-refractivity contribution in [3.05, 3.63) is 83.3 Å². The summed E-state index contributed by atoms with van der Waals surface area (Å²) >= 11 is 6.09. The van der Waals surface area contributed by atoms with E-state index >= 15 is 4.39 Å². The number of tetrazole rings is 1. The van der Waals surface area contributed by atoms with E-state index in [9.17, 15) is 8.78 Å². The second-order valence-electron chi connectivity index (χ2n) is 9.14. The number of hydrogen-bond acceptors (Lipinski definition) is 5. The Kier molecular flexibility index (Phi) is 6.32. The molecule has 1 aliphatic carbocycles. The van der Waals surface area contributed by atoms with Gasteiger partial charge in [-0.3, -0.25) is 9.67 Å². The van der Waals surface area contributed by atoms with Gasteiger partial charge in [0, 0.05) is 23.5 Å². The van der Waals surface area contributed by atoms with Crippen molar-refractivity contribution < 1.29 is 17.9 Å². The van der Waals surface area contributed by atoms with Gasteiger partial charge in [0.2, 0.25) is 5.69 Å². The lowest BCUT2D eigenvalue weighted by Crippen LogP contribution is -2.33. The van der Waals surface area contributed by atoms with Crippen LogP contribution in [0.25, 0.3) is 32.9 Å². The average Bonchev–Trinajstić information content (AvgIpc) is 3.33. The molecule has 1 fully saturated rings. The maximum Gasteiger partial charge on any atom is 0.332 e. The Balaban J connectivity index is 1.37. The van der Waals surface area contributed by atoms with Crippen LogP contribution in [0.1, 0.15) is 37.5 Å². The SMILES string of the molecule is [C-]#[N+]c1cnn(C(F)F)c1-c1cnn([C@H](CC2CC2)c2ccc(-c3c(-[n+]4cnn[nH]4)ccc(Cl)c3F)cn2)c1. The maximum atomic E-state index is 15.2. The first-order valence-corrected chi connectivity index (χ1v) is 12.3. The van der Waals surface area contributed by atoms with Crippen LogP contribution < -0.4 is 4.68 Å². The van der Waals surface area contributed by atoms with Crippen molar-refractivity contribution in [2.75, 3.05) is 0 Å². The summed E-state index contributed by atoms with van der Waals surface area (Å²) in [6.45, 7) is 4.44. The summed E-state index contributed by atoms with van der Waals surface area (Å²) in [4.78, 5) is 7.98. The smallest absolute Gasteiger partial charge is 0.263 e. The second-order valence-corrected chi connectivity index (χ2v) is 9.55. The largest absolute Gasteiger partial charge is 0.332 e. The van der Waals surface area contributed by atoms with Gasteiger partial charge in [0.05, 0.1) is 47.0 Å². The summed E-state index contributed by atoms with van der Waals surface area (Å²) in [5.74, 6) is -0.126. The highest BCUT2D eigenvalue weighted by Crippen LogP contribution is 2.40. The Hall–Kier alpha value is -4.57. The molecule has 39 heavy (non-hydrogen) atoms. The van der Waals surface area contributed by atoms with Crippen molar-refractivity contribution in [3.8, 4) is 28.1 Å². The standard InChI is InChI=1S/C25H18ClF3N10/c1-30-19-11-34-39(25(28)29)24(19)16-10-33-37(12-16)21(8-14-2-3-14)18-6-4-15(9-31-18)22-20(38-13-32-35-36-38)7-5-17(26)23(22)27/h4-7,9-14,21,25H,2-3,8H2/p+1/t21-/m1/s1. The van der Waals surface area contributed by atoms with Crippen LogP contribution in [0.15, 0.2) is 55.4 Å². The van der Waals surface area contributed by atoms with E-state index in [1.807, 2.05) is 0 Å². The number of nitrogens with zero attached hydrogens (tertiary/aromatic N) is 9. The molecule has 4 heterocycles. The summed E-state index contributed by atoms with van der Waals surface area (Å²) in [5.41, 5.74) is 2.22. The molecule has 5 aromatic rings. The molecule has 0 radical (unpaired) electrons. The van der Waals surface area contributed by atoms with Gasteiger partial charge in [0.25, 0.3) is 6.33 Å². The number of aromatic amines is 1. The van der Waals surface area contributed by atoms with E-state index in [0.29, 0.717) is 33.1 Å². The second kappa shape index (κ2) is 9.95. The molecule has 1 atom stereocenters. The van der Waals surface area contributed by atoms with Crippen LogP contribution in [-0.2, 0) is 0 Å². The van der Waals surface area contributed by atoms with Gasteiger partial charge in [-0.15, -0.1) is 4.68 Å². The third-order valence-electron chi connectivity index (χ3n) is 6.66. The lowest BCUT2D eigenvalue weighted by molar-refractivity contribution is -0.659. The van der Waals surface area contributed by atoms with Crippen molar-refractivity contribution in [3.63, 3.8) is 0 Å². The monoisotopic (exact) mass is 551 g/mol. The van der Waals surface area contributed by atoms with Crippen molar-refractivity contribution in [2.45, 2.75) is 31.9 Å². The molecule has 0 aliphatic heterocycles. The molecule has 0 spiro atoms. The fourth-order valence-electron chi connectivity index (χ4n) is 4.59. The molecular formula is C25H19ClF3N10+. The fraction of sp³-hybridized carbons (Fsp3) is 0.240. The van der Waals surface area contributed by atoms with Crippen LogP contribution in [0.3, 0.4) is 0 Å². The van der Waals surface area contributed by atoms with E-state index in [2.05, 4.69) is 35.6 Å². The lowest BCUT2D eigenvalue weighted by atomic mass is 10.0. The first-order valence-electron chi connectivity index (χ1n) is 11.9. The van der Waals surface area contributed by atoms with Gasteiger partial charge >= 0.3 is 6.55 Å². The highest BCUT2D eigenvalue weighted by atomic mass is 35.5. The quantitative estimate of drug-likeness (QED) is 0.208. The number of halogens is 4. The Bertz CT molecular complexity index is 1670. The predicted molar refractivity (Wildman–Crippen MR) is 133 cm³/mol. The predicted octanol–water partition coefficient (Wildman–Crippen LogP) is 5.33. The third-order valence-corrected chi connectivity index (χ3v) is 6.95. The number of pyridine rings is 1. The normalized spacial score (nSPS) is 14.1. The molecule has 0 unspecified atom stereocenters. The van der Waals surface area contributed by atoms with Crippen molar-refractivity contribution in [1.82, 2.24) is 40.1 Å². The Morgan fingerprint density at radius 2 is 1.97 bits per heavy atom. The number of rotatable bonds is 8. The third kappa shape index (κ3) is 4.63. The average molecular weight is 552 g/mol.